The van der Waals surface area contributed by atoms with Crippen LogP contribution in [0.2, 0.25) is 0 Å². The van der Waals surface area contributed by atoms with Crippen molar-refractivity contribution in [3.05, 3.63) is 0 Å². The fourth-order valence-electron chi connectivity index (χ4n) is 2.55. The third kappa shape index (κ3) is 65.7. The number of rotatable bonds is 18. The fraction of sp³-hybridized carbons (Fsp3) is 0.978. The van der Waals surface area contributed by atoms with Gasteiger partial charge in [0.2, 0.25) is 0 Å². The van der Waals surface area contributed by atoms with Crippen molar-refractivity contribution in [1.29, 1.82) is 0 Å². The molecule has 2 radical (unpaired) electrons. The van der Waals surface area contributed by atoms with Crippen LogP contribution in [0.5, 0.6) is 0 Å². The minimum absolute atomic E-state index is 0. The molecule has 0 atom stereocenters. The second-order valence-corrected chi connectivity index (χ2v) is 29.8. The summed E-state index contributed by atoms with van der Waals surface area (Å²) in [4.78, 5) is 7.50. The van der Waals surface area contributed by atoms with Crippen molar-refractivity contribution in [2.45, 2.75) is 187 Å². The maximum Gasteiger partial charge on any atom is 0.332 e. The molecule has 0 aliphatic heterocycles. The Hall–Kier alpha value is 1.09. The summed E-state index contributed by atoms with van der Waals surface area (Å²) in [5, 5.41) is 0. The van der Waals surface area contributed by atoms with Crippen LogP contribution < -0.4 is 0 Å². The van der Waals surface area contributed by atoms with E-state index in [-0.39, 0.29) is 65.2 Å². The summed E-state index contributed by atoms with van der Waals surface area (Å²) in [6, 6.07) is 0. The molecule has 10 nitrogen and oxygen atoms in total. The van der Waals surface area contributed by atoms with Crippen LogP contribution in [0.4, 0.5) is 0 Å². The second kappa shape index (κ2) is 31.1. The molecule has 0 unspecified atom stereocenters. The van der Waals surface area contributed by atoms with Crippen molar-refractivity contribution in [2.24, 2.45) is 48.7 Å². The van der Waals surface area contributed by atoms with Gasteiger partial charge in [-0.25, -0.2) is 0 Å². The van der Waals surface area contributed by atoms with Gasteiger partial charge < -0.3 is 40.7 Å². The number of hydrogen-bond acceptors (Lipinski definition) is 10. The summed E-state index contributed by atoms with van der Waals surface area (Å²) in [7, 11) is -3.76. The van der Waals surface area contributed by atoms with E-state index in [1.807, 2.05) is 0 Å². The summed E-state index contributed by atoms with van der Waals surface area (Å²) in [6.45, 7) is 68.3. The summed E-state index contributed by atoms with van der Waals surface area (Å²) in [5.74, 6) is 0. The van der Waals surface area contributed by atoms with Gasteiger partial charge in [-0.15, -0.1) is 0 Å². The average Bonchev–Trinajstić information content (AvgIpc) is 2.97. The van der Waals surface area contributed by atoms with E-state index >= 15 is 0 Å². The van der Waals surface area contributed by atoms with Crippen LogP contribution in [-0.2, 0) is 62.0 Å². The Morgan fingerprint density at radius 3 is 0.350 bits per heavy atom. The monoisotopic (exact) mass is 963 g/mol. The van der Waals surface area contributed by atoms with Crippen LogP contribution in [0.25, 0.3) is 0 Å². The summed E-state index contributed by atoms with van der Waals surface area (Å²) < 4.78 is 52.4. The SMILES string of the molecule is CC(C)(C)COP(OCC(C)(C)C)OCC(C)(C)C.CC(C)(C)COP(OCC(C)(C)C)OCC(C)(C)C.CC(C)(C)COP(OCC(C)(C)C)OCC(C)(C)C.[C]=O.[Ni]. The molecule has 0 aliphatic rings. The van der Waals surface area contributed by atoms with Crippen LogP contribution in [0.1, 0.15) is 187 Å². The first-order chi connectivity index (χ1) is 25.9. The third-order valence-electron chi connectivity index (χ3n) is 5.43. The quantitative estimate of drug-likeness (QED) is 0.0975. The van der Waals surface area contributed by atoms with Gasteiger partial charge in [0.15, 0.2) is 0 Å². The van der Waals surface area contributed by atoms with Crippen molar-refractivity contribution >= 4 is 32.6 Å². The van der Waals surface area contributed by atoms with Crippen LogP contribution in [0.15, 0.2) is 0 Å². The zero-order valence-corrected chi connectivity index (χ0v) is 47.8. The molecule has 0 amide bonds. The predicted octanol–water partition coefficient (Wildman–Crippen LogP) is 15.8. The first-order valence-electron chi connectivity index (χ1n) is 21.1. The van der Waals surface area contributed by atoms with Crippen LogP contribution in [0, 0.1) is 48.7 Å². The van der Waals surface area contributed by atoms with Crippen molar-refractivity contribution in [1.82, 2.24) is 0 Å². The standard InChI is InChI=1S/3C15H33O3P.CO.Ni/c3*1-13(2,3)10-16-19(17-11-14(4,5)6)18-12-15(7,8)9;1-2;/h3*10-12H2,1-9H3;;. The smallest absolute Gasteiger partial charge is 0.312 e. The van der Waals surface area contributed by atoms with E-state index in [0.717, 1.165) is 0 Å². The van der Waals surface area contributed by atoms with E-state index in [1.54, 1.807) is 0 Å². The molecule has 0 spiro atoms. The Labute approximate surface area is 388 Å². The molecule has 0 saturated carbocycles. The van der Waals surface area contributed by atoms with E-state index < -0.39 is 25.8 Å². The maximum atomic E-state index is 7.50. The molecular formula is C46H99NiO10P3. The average molecular weight is 964 g/mol. The molecule has 0 aromatic heterocycles. The fourth-order valence-corrected chi connectivity index (χ4v) is 7.66. The Kier molecular flexibility index (Phi) is 36.4. The molecular weight excluding hydrogens is 864 g/mol. The molecule has 0 bridgehead atoms. The zero-order valence-electron chi connectivity index (χ0n) is 44.1. The van der Waals surface area contributed by atoms with E-state index in [1.165, 1.54) is 0 Å². The van der Waals surface area contributed by atoms with Gasteiger partial charge in [-0.1, -0.05) is 187 Å². The Morgan fingerprint density at radius 1 is 0.233 bits per heavy atom. The molecule has 0 heterocycles. The Morgan fingerprint density at radius 2 is 0.300 bits per heavy atom. The second-order valence-electron chi connectivity index (χ2n) is 26.2. The predicted molar refractivity (Wildman–Crippen MR) is 255 cm³/mol. The van der Waals surface area contributed by atoms with Crippen molar-refractivity contribution in [3.8, 4) is 0 Å². The molecule has 0 fully saturated rings. The first kappa shape index (κ1) is 70.1. The van der Waals surface area contributed by atoms with E-state index in [2.05, 4.69) is 194 Å². The van der Waals surface area contributed by atoms with Gasteiger partial charge in [-0.3, -0.25) is 4.79 Å². The number of hydrogen-bond donors (Lipinski definition) is 0. The minimum Gasteiger partial charge on any atom is -0.312 e. The Bertz CT molecular complexity index is 763. The molecule has 60 heavy (non-hydrogen) atoms. The van der Waals surface area contributed by atoms with E-state index in [4.69, 9.17) is 45.5 Å². The van der Waals surface area contributed by atoms with Crippen LogP contribution in [-0.4, -0.2) is 66.3 Å². The molecule has 14 heteroatoms. The summed E-state index contributed by atoms with van der Waals surface area (Å²) in [6.07, 6.45) is 0. The first-order valence-corrected chi connectivity index (χ1v) is 24.4. The molecule has 0 aliphatic carbocycles. The van der Waals surface area contributed by atoms with Gasteiger partial charge >= 0.3 is 25.8 Å². The summed E-state index contributed by atoms with van der Waals surface area (Å²) in [5.41, 5.74) is 1.10. The van der Waals surface area contributed by atoms with Crippen LogP contribution >= 0.6 is 25.8 Å². The maximum absolute atomic E-state index is 7.50. The van der Waals surface area contributed by atoms with E-state index in [0.29, 0.717) is 59.5 Å². The largest absolute Gasteiger partial charge is 0.332 e. The van der Waals surface area contributed by atoms with Crippen molar-refractivity contribution < 1.29 is 62.0 Å². The van der Waals surface area contributed by atoms with Gasteiger partial charge in [-0.2, -0.15) is 0 Å². The Balaban J connectivity index is -0.000000245. The van der Waals surface area contributed by atoms with Gasteiger partial charge in [0.25, 0.3) is 6.79 Å². The molecule has 0 rings (SSSR count). The van der Waals surface area contributed by atoms with Crippen molar-refractivity contribution in [3.63, 3.8) is 0 Å². The minimum atomic E-state index is -1.25. The summed E-state index contributed by atoms with van der Waals surface area (Å²) >= 11 is 0. The molecule has 0 saturated heterocycles. The molecule has 368 valence electrons. The van der Waals surface area contributed by atoms with Gasteiger partial charge in [0, 0.05) is 16.5 Å². The van der Waals surface area contributed by atoms with Gasteiger partial charge in [0.1, 0.15) is 0 Å². The molecule has 0 aromatic rings. The number of carbonyl (C=O) groups excluding carboxylic acids is 1. The zero-order chi connectivity index (χ0) is 48.0. The normalized spacial score (nSPS) is 13.6. The third-order valence-corrected chi connectivity index (χ3v) is 8.49. The van der Waals surface area contributed by atoms with E-state index in [9.17, 15) is 0 Å². The topological polar surface area (TPSA) is 100 Å². The molecule has 0 aromatic carbocycles. The van der Waals surface area contributed by atoms with Gasteiger partial charge in [0.05, 0.1) is 59.5 Å². The van der Waals surface area contributed by atoms with Gasteiger partial charge in [-0.05, 0) is 48.7 Å². The molecule has 0 N–H and O–H groups in total. The van der Waals surface area contributed by atoms with Crippen LogP contribution in [0.3, 0.4) is 0 Å². The van der Waals surface area contributed by atoms with Crippen molar-refractivity contribution in [2.75, 3.05) is 59.5 Å².